The van der Waals surface area contributed by atoms with Crippen LogP contribution in [0.1, 0.15) is 42.6 Å². The zero-order valence-electron chi connectivity index (χ0n) is 13.7. The molecule has 0 radical (unpaired) electrons. The second-order valence-corrected chi connectivity index (χ2v) is 6.22. The van der Waals surface area contributed by atoms with E-state index in [2.05, 4.69) is 20.2 Å². The molecule has 4 rings (SSSR count). The largest absolute Gasteiger partial charge is 0.361 e. The van der Waals surface area contributed by atoms with Crippen molar-refractivity contribution in [3.05, 3.63) is 53.7 Å². The summed E-state index contributed by atoms with van der Waals surface area (Å²) in [7, 11) is 0. The maximum absolute atomic E-state index is 5.46. The highest BCUT2D eigenvalue weighted by Gasteiger charge is 2.28. The molecule has 6 nitrogen and oxygen atoms in total. The first-order valence-corrected chi connectivity index (χ1v) is 8.35. The highest BCUT2D eigenvalue weighted by Crippen LogP contribution is 2.31. The quantitative estimate of drug-likeness (QED) is 0.728. The van der Waals surface area contributed by atoms with Crippen LogP contribution < -0.4 is 0 Å². The molecule has 3 heterocycles. The number of benzene rings is 1. The third kappa shape index (κ3) is 3.10. The first-order valence-electron chi connectivity index (χ1n) is 8.35. The number of likely N-dealkylation sites (tertiary alicyclic amines) is 1. The first-order chi connectivity index (χ1) is 11.8. The number of hydrogen-bond donors (Lipinski definition) is 0. The maximum Gasteiger partial charge on any atom is 0.241 e. The van der Waals surface area contributed by atoms with Gasteiger partial charge in [-0.2, -0.15) is 4.98 Å². The molecule has 1 saturated heterocycles. The molecular weight excluding hydrogens is 304 g/mol. The van der Waals surface area contributed by atoms with Gasteiger partial charge in [-0.25, -0.2) is 0 Å². The van der Waals surface area contributed by atoms with E-state index >= 15 is 0 Å². The van der Waals surface area contributed by atoms with Gasteiger partial charge < -0.3 is 9.05 Å². The molecule has 2 aromatic heterocycles. The molecule has 6 heteroatoms. The van der Waals surface area contributed by atoms with E-state index in [1.165, 1.54) is 12.8 Å². The van der Waals surface area contributed by atoms with Crippen molar-refractivity contribution in [1.29, 1.82) is 0 Å². The van der Waals surface area contributed by atoms with Gasteiger partial charge in [0.15, 0.2) is 0 Å². The minimum Gasteiger partial charge on any atom is -0.361 e. The minimum absolute atomic E-state index is 0.253. The van der Waals surface area contributed by atoms with Crippen LogP contribution in [0.2, 0.25) is 0 Å². The lowest BCUT2D eigenvalue weighted by Gasteiger charge is -2.33. The molecule has 0 unspecified atom stereocenters. The van der Waals surface area contributed by atoms with Crippen LogP contribution in [0.15, 0.2) is 45.4 Å². The summed E-state index contributed by atoms with van der Waals surface area (Å²) in [6.07, 6.45) is 3.45. The Bertz CT molecular complexity index is 796. The van der Waals surface area contributed by atoms with Crippen LogP contribution in [0.3, 0.4) is 0 Å². The molecule has 0 aliphatic carbocycles. The van der Waals surface area contributed by atoms with Gasteiger partial charge in [0.25, 0.3) is 0 Å². The van der Waals surface area contributed by atoms with E-state index in [1.807, 2.05) is 43.3 Å². The lowest BCUT2D eigenvalue weighted by atomic mass is 9.99. The Morgan fingerprint density at radius 3 is 2.79 bits per heavy atom. The molecule has 1 atom stereocenters. The molecule has 1 aliphatic rings. The minimum atomic E-state index is 0.253. The zero-order chi connectivity index (χ0) is 16.4. The van der Waals surface area contributed by atoms with E-state index < -0.39 is 0 Å². The molecule has 0 amide bonds. The highest BCUT2D eigenvalue weighted by molar-refractivity contribution is 5.53. The molecule has 0 saturated carbocycles. The monoisotopic (exact) mass is 324 g/mol. The zero-order valence-corrected chi connectivity index (χ0v) is 13.7. The van der Waals surface area contributed by atoms with Crippen molar-refractivity contribution in [1.82, 2.24) is 20.2 Å². The predicted octanol–water partition coefficient (Wildman–Crippen LogP) is 3.76. The molecule has 0 bridgehead atoms. The maximum atomic E-state index is 5.46. The summed E-state index contributed by atoms with van der Waals surface area (Å²) < 4.78 is 10.7. The lowest BCUT2D eigenvalue weighted by molar-refractivity contribution is 0.118. The molecular formula is C18H20N4O2. The van der Waals surface area contributed by atoms with Crippen LogP contribution in [0.25, 0.3) is 11.4 Å². The Morgan fingerprint density at radius 1 is 1.12 bits per heavy atom. The van der Waals surface area contributed by atoms with Gasteiger partial charge in [-0.3, -0.25) is 4.90 Å². The number of piperidine rings is 1. The topological polar surface area (TPSA) is 68.2 Å². The smallest absolute Gasteiger partial charge is 0.241 e. The summed E-state index contributed by atoms with van der Waals surface area (Å²) in [4.78, 5) is 6.89. The van der Waals surface area contributed by atoms with Gasteiger partial charge in [-0.15, -0.1) is 0 Å². The summed E-state index contributed by atoms with van der Waals surface area (Å²) in [5, 5.41) is 8.31. The SMILES string of the molecule is Cc1cc([C@H]2CCCCN2Cc2nc(-c3ccccc3)no2)no1. The molecule has 0 spiro atoms. The van der Waals surface area contributed by atoms with E-state index in [0.29, 0.717) is 18.3 Å². The van der Waals surface area contributed by atoms with Crippen molar-refractivity contribution >= 4 is 0 Å². The first kappa shape index (κ1) is 15.1. The summed E-state index contributed by atoms with van der Waals surface area (Å²) >= 11 is 0. The number of aryl methyl sites for hydroxylation is 1. The number of aromatic nitrogens is 3. The number of hydrogen-bond acceptors (Lipinski definition) is 6. The molecule has 124 valence electrons. The van der Waals surface area contributed by atoms with Gasteiger partial charge in [0.05, 0.1) is 12.6 Å². The Hall–Kier alpha value is -2.47. The van der Waals surface area contributed by atoms with Crippen molar-refractivity contribution in [3.63, 3.8) is 0 Å². The average Bonchev–Trinajstić information content (AvgIpc) is 3.25. The fourth-order valence-corrected chi connectivity index (χ4v) is 3.26. The van der Waals surface area contributed by atoms with Crippen LogP contribution in [0, 0.1) is 6.92 Å². The van der Waals surface area contributed by atoms with Crippen LogP contribution in [-0.2, 0) is 6.54 Å². The van der Waals surface area contributed by atoms with Crippen molar-refractivity contribution < 1.29 is 9.05 Å². The summed E-state index contributed by atoms with van der Waals surface area (Å²) in [6.45, 7) is 3.56. The van der Waals surface area contributed by atoms with E-state index in [0.717, 1.165) is 30.0 Å². The van der Waals surface area contributed by atoms with E-state index in [1.54, 1.807) is 0 Å². The van der Waals surface area contributed by atoms with E-state index in [-0.39, 0.29) is 6.04 Å². The number of rotatable bonds is 4. The lowest BCUT2D eigenvalue weighted by Crippen LogP contribution is -2.33. The Kier molecular flexibility index (Phi) is 4.13. The van der Waals surface area contributed by atoms with E-state index in [4.69, 9.17) is 9.05 Å². The highest BCUT2D eigenvalue weighted by atomic mass is 16.5. The Balaban J connectivity index is 1.52. The van der Waals surface area contributed by atoms with Gasteiger partial charge in [-0.05, 0) is 26.3 Å². The van der Waals surface area contributed by atoms with Crippen molar-refractivity contribution in [2.24, 2.45) is 0 Å². The summed E-state index contributed by atoms with van der Waals surface area (Å²) in [6, 6.07) is 12.2. The van der Waals surface area contributed by atoms with Gasteiger partial charge in [0.2, 0.25) is 11.7 Å². The Labute approximate surface area is 140 Å². The predicted molar refractivity (Wildman–Crippen MR) is 88.0 cm³/mol. The van der Waals surface area contributed by atoms with E-state index in [9.17, 15) is 0 Å². The summed E-state index contributed by atoms with van der Waals surface area (Å²) in [5.41, 5.74) is 1.96. The second-order valence-electron chi connectivity index (χ2n) is 6.22. The van der Waals surface area contributed by atoms with Crippen molar-refractivity contribution in [3.8, 4) is 11.4 Å². The molecule has 1 aliphatic heterocycles. The second kappa shape index (κ2) is 6.57. The van der Waals surface area contributed by atoms with Crippen LogP contribution in [0.5, 0.6) is 0 Å². The number of nitrogens with zero attached hydrogens (tertiary/aromatic N) is 4. The van der Waals surface area contributed by atoms with Gasteiger partial charge >= 0.3 is 0 Å². The molecule has 1 fully saturated rings. The van der Waals surface area contributed by atoms with Crippen LogP contribution >= 0.6 is 0 Å². The molecule has 1 aromatic carbocycles. The fourth-order valence-electron chi connectivity index (χ4n) is 3.26. The van der Waals surface area contributed by atoms with Crippen LogP contribution in [0.4, 0.5) is 0 Å². The van der Waals surface area contributed by atoms with Gasteiger partial charge in [0.1, 0.15) is 11.5 Å². The van der Waals surface area contributed by atoms with Gasteiger partial charge in [0, 0.05) is 11.6 Å². The Morgan fingerprint density at radius 2 is 2.00 bits per heavy atom. The normalized spacial score (nSPS) is 18.8. The van der Waals surface area contributed by atoms with Crippen molar-refractivity contribution in [2.75, 3.05) is 6.54 Å². The third-order valence-corrected chi connectivity index (χ3v) is 4.44. The van der Waals surface area contributed by atoms with Crippen LogP contribution in [-0.4, -0.2) is 26.7 Å². The van der Waals surface area contributed by atoms with Gasteiger partial charge in [-0.1, -0.05) is 47.1 Å². The fraction of sp³-hybridized carbons (Fsp3) is 0.389. The van der Waals surface area contributed by atoms with Crippen molar-refractivity contribution in [2.45, 2.75) is 38.8 Å². The molecule has 3 aromatic rings. The molecule has 0 N–H and O–H groups in total. The molecule has 24 heavy (non-hydrogen) atoms. The standard InChI is InChI=1S/C18H20N4O2/c1-13-11-15(20-23-13)16-9-5-6-10-22(16)12-17-19-18(21-24-17)14-7-3-2-4-8-14/h2-4,7-8,11,16H,5-6,9-10,12H2,1H3/t16-/m1/s1. The average molecular weight is 324 g/mol. The third-order valence-electron chi connectivity index (χ3n) is 4.44. The summed E-state index contributed by atoms with van der Waals surface area (Å²) in [5.74, 6) is 2.12.